The lowest BCUT2D eigenvalue weighted by molar-refractivity contribution is -0.147. The normalized spacial score (nSPS) is 11.4. The summed E-state index contributed by atoms with van der Waals surface area (Å²) in [5.74, 6) is -5.89. The predicted molar refractivity (Wildman–Crippen MR) is 82.6 cm³/mol. The van der Waals surface area contributed by atoms with Crippen LogP contribution in [-0.4, -0.2) is 39.2 Å². The first-order valence-electron chi connectivity index (χ1n) is 6.91. The third-order valence-electron chi connectivity index (χ3n) is 3.28. The van der Waals surface area contributed by atoms with Crippen LogP contribution in [0.5, 0.6) is 0 Å². The molecule has 0 aliphatic carbocycles. The standard InChI is InChI=1S/C17H12O8/c18-14(19)10-7-4-8-11(12(10)15(20)21)17(24)25-13(16(22)23)9-5-2-1-3-6-9/h1-8,13H,(H,18,19)(H,20,21)(H,22,23). The highest BCUT2D eigenvalue weighted by molar-refractivity contribution is 6.09. The maximum absolute atomic E-state index is 12.3. The molecule has 128 valence electrons. The first kappa shape index (κ1) is 17.7. The van der Waals surface area contributed by atoms with E-state index in [1.54, 1.807) is 18.2 Å². The van der Waals surface area contributed by atoms with Crippen LogP contribution >= 0.6 is 0 Å². The first-order valence-corrected chi connectivity index (χ1v) is 6.91. The van der Waals surface area contributed by atoms with Crippen LogP contribution in [0.15, 0.2) is 48.5 Å². The molecule has 8 nitrogen and oxygen atoms in total. The van der Waals surface area contributed by atoms with Crippen molar-refractivity contribution in [2.24, 2.45) is 0 Å². The smallest absolute Gasteiger partial charge is 0.349 e. The highest BCUT2D eigenvalue weighted by Crippen LogP contribution is 2.22. The Labute approximate surface area is 140 Å². The number of ether oxygens (including phenoxy) is 1. The molecule has 2 aromatic carbocycles. The molecule has 2 rings (SSSR count). The SMILES string of the molecule is O=C(O)c1cccc(C(=O)OC(C(=O)O)c2ccccc2)c1C(=O)O. The fourth-order valence-electron chi connectivity index (χ4n) is 2.19. The van der Waals surface area contributed by atoms with Gasteiger partial charge in [-0.25, -0.2) is 19.2 Å². The molecule has 1 unspecified atom stereocenters. The van der Waals surface area contributed by atoms with Crippen molar-refractivity contribution in [2.45, 2.75) is 6.10 Å². The number of carboxylic acid groups (broad SMARTS) is 3. The van der Waals surface area contributed by atoms with Crippen LogP contribution in [0.25, 0.3) is 0 Å². The Kier molecular flexibility index (Phi) is 5.13. The molecule has 8 heteroatoms. The highest BCUT2D eigenvalue weighted by atomic mass is 16.6. The molecule has 2 aromatic rings. The number of carbonyl (C=O) groups excluding carboxylic acids is 1. The molecule has 3 N–H and O–H groups in total. The number of hydrogen-bond donors (Lipinski definition) is 3. The molecule has 25 heavy (non-hydrogen) atoms. The Hall–Kier alpha value is -3.68. The number of aliphatic carboxylic acids is 1. The average Bonchev–Trinajstić information content (AvgIpc) is 2.59. The topological polar surface area (TPSA) is 138 Å². The third-order valence-corrected chi connectivity index (χ3v) is 3.28. The fourth-order valence-corrected chi connectivity index (χ4v) is 2.19. The molecular weight excluding hydrogens is 332 g/mol. The summed E-state index contributed by atoms with van der Waals surface area (Å²) in [7, 11) is 0. The first-order chi connectivity index (χ1) is 11.8. The molecule has 0 radical (unpaired) electrons. The van der Waals surface area contributed by atoms with Gasteiger partial charge in [0.2, 0.25) is 6.10 Å². The van der Waals surface area contributed by atoms with E-state index in [0.717, 1.165) is 12.1 Å². The summed E-state index contributed by atoms with van der Waals surface area (Å²) in [6, 6.07) is 10.8. The number of rotatable bonds is 6. The molecule has 0 amide bonds. The van der Waals surface area contributed by atoms with Gasteiger partial charge in [0, 0.05) is 5.56 Å². The second-order valence-electron chi connectivity index (χ2n) is 4.87. The van der Waals surface area contributed by atoms with Gasteiger partial charge in [0.25, 0.3) is 0 Å². The summed E-state index contributed by atoms with van der Waals surface area (Å²) in [6.07, 6.45) is -1.66. The van der Waals surface area contributed by atoms with Crippen LogP contribution in [0.2, 0.25) is 0 Å². The maximum atomic E-state index is 12.3. The van der Waals surface area contributed by atoms with Crippen LogP contribution in [0.4, 0.5) is 0 Å². The Bertz CT molecular complexity index is 841. The number of carbonyl (C=O) groups is 4. The Balaban J connectivity index is 2.44. The molecule has 0 heterocycles. The maximum Gasteiger partial charge on any atom is 0.349 e. The van der Waals surface area contributed by atoms with Gasteiger partial charge < -0.3 is 20.1 Å². The summed E-state index contributed by atoms with van der Waals surface area (Å²) >= 11 is 0. The van der Waals surface area contributed by atoms with Crippen molar-refractivity contribution in [2.75, 3.05) is 0 Å². The molecular formula is C17H12O8. The molecule has 0 aliphatic rings. The number of aromatic carboxylic acids is 2. The zero-order valence-corrected chi connectivity index (χ0v) is 12.6. The lowest BCUT2D eigenvalue weighted by Crippen LogP contribution is -2.22. The molecule has 0 aliphatic heterocycles. The van der Waals surface area contributed by atoms with Crippen molar-refractivity contribution in [1.29, 1.82) is 0 Å². The number of esters is 1. The van der Waals surface area contributed by atoms with Crippen molar-refractivity contribution in [3.05, 3.63) is 70.8 Å². The van der Waals surface area contributed by atoms with Crippen molar-refractivity contribution >= 4 is 23.9 Å². The van der Waals surface area contributed by atoms with Crippen LogP contribution in [0.1, 0.15) is 42.7 Å². The Morgan fingerprint density at radius 3 is 1.88 bits per heavy atom. The highest BCUT2D eigenvalue weighted by Gasteiger charge is 2.29. The van der Waals surface area contributed by atoms with Crippen molar-refractivity contribution in [3.63, 3.8) is 0 Å². The van der Waals surface area contributed by atoms with E-state index in [0.29, 0.717) is 0 Å². The van der Waals surface area contributed by atoms with Gasteiger partial charge in [0.1, 0.15) is 0 Å². The van der Waals surface area contributed by atoms with E-state index in [9.17, 15) is 29.4 Å². The van der Waals surface area contributed by atoms with Crippen LogP contribution < -0.4 is 0 Å². The van der Waals surface area contributed by atoms with Crippen molar-refractivity contribution < 1.29 is 39.2 Å². The minimum Gasteiger partial charge on any atom is -0.478 e. The van der Waals surface area contributed by atoms with Gasteiger partial charge in [-0.15, -0.1) is 0 Å². The second-order valence-corrected chi connectivity index (χ2v) is 4.87. The Morgan fingerprint density at radius 2 is 1.36 bits per heavy atom. The quantitative estimate of drug-likeness (QED) is 0.677. The summed E-state index contributed by atoms with van der Waals surface area (Å²) in [6.45, 7) is 0. The second kappa shape index (κ2) is 7.26. The van der Waals surface area contributed by atoms with Crippen LogP contribution in [0, 0.1) is 0 Å². The van der Waals surface area contributed by atoms with Gasteiger partial charge in [-0.2, -0.15) is 0 Å². The van der Waals surface area contributed by atoms with Gasteiger partial charge in [-0.1, -0.05) is 36.4 Å². The minimum atomic E-state index is -1.66. The number of hydrogen-bond acceptors (Lipinski definition) is 5. The number of carboxylic acids is 3. The van der Waals surface area contributed by atoms with Crippen LogP contribution in [-0.2, 0) is 9.53 Å². The van der Waals surface area contributed by atoms with Crippen molar-refractivity contribution in [3.8, 4) is 0 Å². The van der Waals surface area contributed by atoms with E-state index >= 15 is 0 Å². The predicted octanol–water partition coefficient (Wildman–Crippen LogP) is 2.07. The lowest BCUT2D eigenvalue weighted by Gasteiger charge is -2.15. The van der Waals surface area contributed by atoms with Gasteiger partial charge >= 0.3 is 23.9 Å². The zero-order valence-electron chi connectivity index (χ0n) is 12.6. The summed E-state index contributed by atoms with van der Waals surface area (Å²) in [4.78, 5) is 46.2. The summed E-state index contributed by atoms with van der Waals surface area (Å²) < 4.78 is 4.91. The van der Waals surface area contributed by atoms with E-state index in [2.05, 4.69) is 0 Å². The van der Waals surface area contributed by atoms with E-state index in [1.165, 1.54) is 18.2 Å². The number of benzene rings is 2. The average molecular weight is 344 g/mol. The summed E-state index contributed by atoms with van der Waals surface area (Å²) in [5, 5.41) is 27.5. The zero-order chi connectivity index (χ0) is 18.6. The summed E-state index contributed by atoms with van der Waals surface area (Å²) in [5.41, 5.74) is -1.74. The van der Waals surface area contributed by atoms with Gasteiger partial charge in [0.05, 0.1) is 16.7 Å². The monoisotopic (exact) mass is 344 g/mol. The van der Waals surface area contributed by atoms with E-state index < -0.39 is 46.7 Å². The van der Waals surface area contributed by atoms with E-state index in [4.69, 9.17) is 9.84 Å². The molecule has 0 saturated carbocycles. The van der Waals surface area contributed by atoms with Gasteiger partial charge in [-0.3, -0.25) is 0 Å². The largest absolute Gasteiger partial charge is 0.478 e. The molecule has 0 fully saturated rings. The van der Waals surface area contributed by atoms with Crippen molar-refractivity contribution in [1.82, 2.24) is 0 Å². The van der Waals surface area contributed by atoms with Crippen LogP contribution in [0.3, 0.4) is 0 Å². The molecule has 0 aromatic heterocycles. The van der Waals surface area contributed by atoms with Gasteiger partial charge in [0.15, 0.2) is 0 Å². The van der Waals surface area contributed by atoms with Gasteiger partial charge in [-0.05, 0) is 12.1 Å². The minimum absolute atomic E-state index is 0.176. The molecule has 0 spiro atoms. The van der Waals surface area contributed by atoms with E-state index in [-0.39, 0.29) is 5.56 Å². The fraction of sp³-hybridized carbons (Fsp3) is 0.0588. The lowest BCUT2D eigenvalue weighted by atomic mass is 10.0. The molecule has 0 saturated heterocycles. The third kappa shape index (κ3) is 3.81. The molecule has 0 bridgehead atoms. The Morgan fingerprint density at radius 1 is 0.760 bits per heavy atom. The van der Waals surface area contributed by atoms with E-state index in [1.807, 2.05) is 0 Å². The molecule has 1 atom stereocenters.